The molecule has 1 unspecified atom stereocenters. The van der Waals surface area contributed by atoms with Crippen LogP contribution in [-0.4, -0.2) is 16.1 Å². The average Bonchev–Trinajstić information content (AvgIpc) is 2.88. The zero-order valence-electron chi connectivity index (χ0n) is 15.7. The zero-order valence-corrected chi connectivity index (χ0v) is 16.5. The number of anilines is 1. The highest BCUT2D eigenvalue weighted by atomic mass is 35.5. The molecule has 0 radical (unpaired) electrons. The zero-order chi connectivity index (χ0) is 17.6. The minimum absolute atomic E-state index is 0. The molecule has 0 N–H and O–H groups in total. The second-order valence-corrected chi connectivity index (χ2v) is 6.96. The van der Waals surface area contributed by atoms with Crippen molar-refractivity contribution < 1.29 is 0 Å². The van der Waals surface area contributed by atoms with Crippen LogP contribution in [0.5, 0.6) is 0 Å². The molecule has 1 atom stereocenters. The quantitative estimate of drug-likeness (QED) is 0.579. The van der Waals surface area contributed by atoms with E-state index < -0.39 is 0 Å². The van der Waals surface area contributed by atoms with Crippen LogP contribution in [0.3, 0.4) is 0 Å². The van der Waals surface area contributed by atoms with E-state index in [1.54, 1.807) is 0 Å². The number of pyridine rings is 1. The van der Waals surface area contributed by atoms with Crippen LogP contribution >= 0.6 is 12.4 Å². The van der Waals surface area contributed by atoms with Crippen molar-refractivity contribution in [3.05, 3.63) is 71.6 Å². The molecule has 0 spiro atoms. The Labute approximate surface area is 161 Å². The fourth-order valence-corrected chi connectivity index (χ4v) is 4.21. The Morgan fingerprint density at radius 3 is 2.77 bits per heavy atom. The number of aryl methyl sites for hydroxylation is 1. The SMILES string of the molecule is C=CCn1c(C)c(C)c2ccnc(N3CCc4ccccc4C3C)c21.Cl. The van der Waals surface area contributed by atoms with Crippen molar-refractivity contribution in [1.29, 1.82) is 0 Å². The predicted octanol–water partition coefficient (Wildman–Crippen LogP) is 5.38. The molecule has 4 rings (SSSR count). The molecule has 3 nitrogen and oxygen atoms in total. The second-order valence-electron chi connectivity index (χ2n) is 6.96. The van der Waals surface area contributed by atoms with Crippen molar-refractivity contribution in [3.8, 4) is 0 Å². The number of benzene rings is 1. The molecule has 3 heterocycles. The maximum atomic E-state index is 4.82. The van der Waals surface area contributed by atoms with Crippen molar-refractivity contribution in [2.75, 3.05) is 11.4 Å². The van der Waals surface area contributed by atoms with E-state index in [-0.39, 0.29) is 12.4 Å². The third kappa shape index (κ3) is 2.71. The highest BCUT2D eigenvalue weighted by Gasteiger charge is 2.27. The molecule has 0 amide bonds. The Morgan fingerprint density at radius 1 is 1.23 bits per heavy atom. The first-order valence-corrected chi connectivity index (χ1v) is 9.03. The van der Waals surface area contributed by atoms with Gasteiger partial charge >= 0.3 is 0 Å². The van der Waals surface area contributed by atoms with Gasteiger partial charge in [0.2, 0.25) is 0 Å². The minimum atomic E-state index is 0. The number of nitrogens with zero attached hydrogens (tertiary/aromatic N) is 3. The third-order valence-corrected chi connectivity index (χ3v) is 5.70. The number of halogens is 1. The van der Waals surface area contributed by atoms with Crippen LogP contribution in [0.1, 0.15) is 35.3 Å². The first kappa shape index (κ1) is 18.5. The lowest BCUT2D eigenvalue weighted by molar-refractivity contribution is 0.617. The van der Waals surface area contributed by atoms with Crippen LogP contribution in [0, 0.1) is 13.8 Å². The number of fused-ring (bicyclic) bond motifs is 2. The number of aromatic nitrogens is 2. The van der Waals surface area contributed by atoms with Gasteiger partial charge in [-0.05, 0) is 49.9 Å². The molecule has 0 saturated heterocycles. The van der Waals surface area contributed by atoms with Gasteiger partial charge in [-0.1, -0.05) is 30.3 Å². The lowest BCUT2D eigenvalue weighted by atomic mass is 9.93. The maximum absolute atomic E-state index is 4.82. The third-order valence-electron chi connectivity index (χ3n) is 5.70. The Balaban J connectivity index is 0.00000196. The topological polar surface area (TPSA) is 21.1 Å². The summed E-state index contributed by atoms with van der Waals surface area (Å²) < 4.78 is 2.35. The van der Waals surface area contributed by atoms with Crippen molar-refractivity contribution in [2.24, 2.45) is 0 Å². The van der Waals surface area contributed by atoms with E-state index in [0.29, 0.717) is 6.04 Å². The molecule has 0 bridgehead atoms. The van der Waals surface area contributed by atoms with Crippen LogP contribution in [0.2, 0.25) is 0 Å². The van der Waals surface area contributed by atoms with Gasteiger partial charge in [-0.2, -0.15) is 0 Å². The van der Waals surface area contributed by atoms with E-state index in [1.165, 1.54) is 33.3 Å². The Morgan fingerprint density at radius 2 is 2.00 bits per heavy atom. The van der Waals surface area contributed by atoms with Gasteiger partial charge in [0.05, 0.1) is 11.6 Å². The summed E-state index contributed by atoms with van der Waals surface area (Å²) >= 11 is 0. The molecule has 26 heavy (non-hydrogen) atoms. The standard InChI is InChI=1S/C22H25N3.ClH/c1-5-13-24-16(3)15(2)19-10-12-23-22(21(19)24)25-14-11-18-8-6-7-9-20(18)17(25)4;/h5-10,12,17H,1,11,13-14H2,2-4H3;1H. The number of hydrogen-bond acceptors (Lipinski definition) is 2. The van der Waals surface area contributed by atoms with Crippen LogP contribution in [-0.2, 0) is 13.0 Å². The fraction of sp³-hybridized carbons (Fsp3) is 0.318. The highest BCUT2D eigenvalue weighted by Crippen LogP contribution is 2.38. The number of hydrogen-bond donors (Lipinski definition) is 0. The van der Waals surface area contributed by atoms with Crippen molar-refractivity contribution in [1.82, 2.24) is 9.55 Å². The van der Waals surface area contributed by atoms with E-state index in [1.807, 2.05) is 12.3 Å². The molecule has 1 aromatic carbocycles. The van der Waals surface area contributed by atoms with E-state index in [2.05, 4.69) is 67.1 Å². The monoisotopic (exact) mass is 367 g/mol. The van der Waals surface area contributed by atoms with E-state index in [4.69, 9.17) is 4.98 Å². The normalized spacial score (nSPS) is 16.3. The molecule has 1 aliphatic rings. The van der Waals surface area contributed by atoms with Crippen LogP contribution in [0.15, 0.2) is 49.2 Å². The van der Waals surface area contributed by atoms with Gasteiger partial charge < -0.3 is 9.47 Å². The molecule has 4 heteroatoms. The summed E-state index contributed by atoms with van der Waals surface area (Å²) in [5.74, 6) is 1.09. The van der Waals surface area contributed by atoms with E-state index >= 15 is 0 Å². The molecule has 2 aromatic heterocycles. The van der Waals surface area contributed by atoms with Gasteiger partial charge in [0.15, 0.2) is 5.82 Å². The minimum Gasteiger partial charge on any atom is -0.348 e. The van der Waals surface area contributed by atoms with Gasteiger partial charge in [-0.3, -0.25) is 0 Å². The summed E-state index contributed by atoms with van der Waals surface area (Å²) in [6, 6.07) is 11.3. The smallest absolute Gasteiger partial charge is 0.153 e. The van der Waals surface area contributed by atoms with Gasteiger partial charge in [0.1, 0.15) is 0 Å². The summed E-state index contributed by atoms with van der Waals surface area (Å²) in [5.41, 5.74) is 6.76. The lowest BCUT2D eigenvalue weighted by Crippen LogP contribution is -2.34. The molecular formula is C22H26ClN3. The second kappa shape index (κ2) is 7.16. The Hall–Kier alpha value is -2.26. The van der Waals surface area contributed by atoms with Crippen LogP contribution in [0.25, 0.3) is 10.9 Å². The fourth-order valence-electron chi connectivity index (χ4n) is 4.21. The van der Waals surface area contributed by atoms with Gasteiger partial charge in [-0.15, -0.1) is 19.0 Å². The maximum Gasteiger partial charge on any atom is 0.153 e. The summed E-state index contributed by atoms with van der Waals surface area (Å²) in [6.07, 6.45) is 4.99. The Kier molecular flexibility index (Phi) is 5.10. The van der Waals surface area contributed by atoms with Crippen LogP contribution in [0.4, 0.5) is 5.82 Å². The largest absolute Gasteiger partial charge is 0.348 e. The van der Waals surface area contributed by atoms with Crippen LogP contribution < -0.4 is 4.90 Å². The number of allylic oxidation sites excluding steroid dienone is 1. The van der Waals surface area contributed by atoms with E-state index in [0.717, 1.165) is 25.3 Å². The van der Waals surface area contributed by atoms with Gasteiger partial charge in [0, 0.05) is 30.4 Å². The first-order chi connectivity index (χ1) is 12.1. The predicted molar refractivity (Wildman–Crippen MR) is 113 cm³/mol. The van der Waals surface area contributed by atoms with Crippen molar-refractivity contribution in [3.63, 3.8) is 0 Å². The average molecular weight is 368 g/mol. The lowest BCUT2D eigenvalue weighted by Gasteiger charge is -2.36. The molecule has 136 valence electrons. The summed E-state index contributed by atoms with van der Waals surface area (Å²) in [4.78, 5) is 7.28. The first-order valence-electron chi connectivity index (χ1n) is 9.03. The summed E-state index contributed by atoms with van der Waals surface area (Å²) in [7, 11) is 0. The molecule has 0 fully saturated rings. The molecular weight excluding hydrogens is 342 g/mol. The van der Waals surface area contributed by atoms with Gasteiger partial charge in [-0.25, -0.2) is 4.98 Å². The molecule has 0 aliphatic carbocycles. The molecule has 3 aromatic rings. The highest BCUT2D eigenvalue weighted by molar-refractivity contribution is 5.93. The Bertz CT molecular complexity index is 957. The van der Waals surface area contributed by atoms with E-state index in [9.17, 15) is 0 Å². The van der Waals surface area contributed by atoms with Crippen molar-refractivity contribution in [2.45, 2.75) is 39.8 Å². The molecule has 0 saturated carbocycles. The van der Waals surface area contributed by atoms with Gasteiger partial charge in [0.25, 0.3) is 0 Å². The molecule has 1 aliphatic heterocycles. The summed E-state index contributed by atoms with van der Waals surface area (Å²) in [6.45, 7) is 12.4. The summed E-state index contributed by atoms with van der Waals surface area (Å²) in [5, 5.41) is 1.30. The van der Waals surface area contributed by atoms with Crippen molar-refractivity contribution >= 4 is 29.1 Å². The number of rotatable bonds is 3.